The van der Waals surface area contributed by atoms with Gasteiger partial charge < -0.3 is 23.5 Å². The van der Waals surface area contributed by atoms with E-state index in [1.165, 1.54) is 11.3 Å². The van der Waals surface area contributed by atoms with Crippen LogP contribution in [0, 0.1) is 6.92 Å². The summed E-state index contributed by atoms with van der Waals surface area (Å²) in [4.78, 5) is 7.12. The van der Waals surface area contributed by atoms with Crippen LogP contribution in [0.3, 0.4) is 0 Å². The molecule has 1 fully saturated rings. The summed E-state index contributed by atoms with van der Waals surface area (Å²) in [6, 6.07) is 14.8. The van der Waals surface area contributed by atoms with Gasteiger partial charge in [-0.1, -0.05) is 17.7 Å². The zero-order chi connectivity index (χ0) is 23.9. The van der Waals surface area contributed by atoms with Crippen molar-refractivity contribution in [1.29, 1.82) is 0 Å². The molecule has 0 radical (unpaired) electrons. The lowest BCUT2D eigenvalue weighted by molar-refractivity contribution is 0.290. The Hall–Kier alpha value is -3.94. The maximum atomic E-state index is 6.41. The number of nitrogens with zero attached hydrogens (tertiary/aromatic N) is 4. The molecular formula is C27H28N4O4. The van der Waals surface area contributed by atoms with E-state index in [0.29, 0.717) is 42.1 Å². The zero-order valence-electron chi connectivity index (χ0n) is 20.2. The molecular weight excluding hydrogens is 444 g/mol. The second kappa shape index (κ2) is 8.69. The van der Waals surface area contributed by atoms with E-state index in [-0.39, 0.29) is 0 Å². The number of methoxy groups -OCH3 is 2. The van der Waals surface area contributed by atoms with Crippen molar-refractivity contribution in [3.8, 4) is 23.0 Å². The molecule has 0 spiro atoms. The minimum atomic E-state index is 0.314. The molecule has 8 nitrogen and oxygen atoms in total. The summed E-state index contributed by atoms with van der Waals surface area (Å²) in [6.45, 7) is 3.74. The summed E-state index contributed by atoms with van der Waals surface area (Å²) in [5.41, 5.74) is 3.94. The average Bonchev–Trinajstić information content (AvgIpc) is 3.64. The predicted octanol–water partition coefficient (Wildman–Crippen LogP) is 5.03. The van der Waals surface area contributed by atoms with Crippen molar-refractivity contribution in [3.05, 3.63) is 60.0 Å². The lowest BCUT2D eigenvalue weighted by Crippen LogP contribution is -2.34. The summed E-state index contributed by atoms with van der Waals surface area (Å²) >= 11 is 0. The van der Waals surface area contributed by atoms with E-state index < -0.39 is 0 Å². The van der Waals surface area contributed by atoms with Crippen LogP contribution in [-0.2, 0) is 11.2 Å². The van der Waals surface area contributed by atoms with Crippen LogP contribution in [0.1, 0.15) is 24.2 Å². The minimum Gasteiger partial charge on any atom is -0.496 e. The quantitative estimate of drug-likeness (QED) is 0.392. The van der Waals surface area contributed by atoms with Gasteiger partial charge in [0.2, 0.25) is 5.90 Å². The third-order valence-corrected chi connectivity index (χ3v) is 6.76. The summed E-state index contributed by atoms with van der Waals surface area (Å²) in [5, 5.41) is 5.28. The highest BCUT2D eigenvalue weighted by Gasteiger charge is 2.26. The maximum Gasteiger partial charge on any atom is 0.214 e. The van der Waals surface area contributed by atoms with Crippen LogP contribution >= 0.6 is 0 Å². The Bertz CT molecular complexity index is 1400. The number of aryl methyl sites for hydroxylation is 1. The average molecular weight is 473 g/mol. The maximum absolute atomic E-state index is 6.41. The molecule has 180 valence electrons. The topological polar surface area (TPSA) is 74.2 Å². The van der Waals surface area contributed by atoms with Crippen molar-refractivity contribution in [2.75, 3.05) is 32.3 Å². The molecule has 1 saturated heterocycles. The van der Waals surface area contributed by atoms with Gasteiger partial charge in [0, 0.05) is 24.4 Å². The van der Waals surface area contributed by atoms with Crippen LogP contribution in [0.4, 0.5) is 5.69 Å². The molecule has 35 heavy (non-hydrogen) atoms. The normalized spacial score (nSPS) is 17.1. The Labute approximate surface area is 203 Å². The number of fused-ring (bicyclic) bond motifs is 2. The first kappa shape index (κ1) is 21.6. The number of benzene rings is 2. The number of imidazole rings is 1. The molecule has 4 heterocycles. The molecule has 0 saturated carbocycles. The molecule has 0 bridgehead atoms. The Morgan fingerprint density at radius 2 is 1.94 bits per heavy atom. The smallest absolute Gasteiger partial charge is 0.214 e. The standard InChI is InChI=1S/C27H28N4O4/c1-17-6-8-18(9-7-17)30-10-4-5-19(30)16-34-23-11-20(32-2)12-24-21(23)13-25(35-24)22-15-31-26(28-22)14-27(29-31)33-3/h6-9,11-13,15,19H,4-5,10,14,16H2,1-3H3/t19-/m1/s1. The van der Waals surface area contributed by atoms with Crippen molar-refractivity contribution in [2.24, 2.45) is 5.10 Å². The molecule has 2 aromatic heterocycles. The van der Waals surface area contributed by atoms with Crippen molar-refractivity contribution >= 4 is 22.6 Å². The highest BCUT2D eigenvalue weighted by Crippen LogP contribution is 2.37. The number of hydrogen-bond acceptors (Lipinski definition) is 7. The third-order valence-electron chi connectivity index (χ3n) is 6.76. The van der Waals surface area contributed by atoms with Gasteiger partial charge in [0.05, 0.1) is 38.3 Å². The lowest BCUT2D eigenvalue weighted by Gasteiger charge is -2.27. The van der Waals surface area contributed by atoms with E-state index in [9.17, 15) is 0 Å². The third kappa shape index (κ3) is 3.99. The van der Waals surface area contributed by atoms with Crippen LogP contribution in [0.25, 0.3) is 22.4 Å². The molecule has 2 aliphatic heterocycles. The van der Waals surface area contributed by atoms with Crippen molar-refractivity contribution < 1.29 is 18.6 Å². The molecule has 2 aromatic carbocycles. The minimum absolute atomic E-state index is 0.314. The predicted molar refractivity (Wildman–Crippen MR) is 135 cm³/mol. The van der Waals surface area contributed by atoms with E-state index in [4.69, 9.17) is 18.6 Å². The number of ether oxygens (including phenoxy) is 3. The largest absolute Gasteiger partial charge is 0.496 e. The SMILES string of the molecule is COC1=Nn2cc(-c3cc4c(OC[C@H]5CCCN5c5ccc(C)cc5)cc(OC)cc4o3)nc2C1. The number of furan rings is 1. The second-order valence-corrected chi connectivity index (χ2v) is 9.05. The monoisotopic (exact) mass is 472 g/mol. The van der Waals surface area contributed by atoms with Gasteiger partial charge in [-0.3, -0.25) is 0 Å². The Morgan fingerprint density at radius 1 is 1.09 bits per heavy atom. The molecule has 1 atom stereocenters. The molecule has 0 amide bonds. The molecule has 4 aromatic rings. The van der Waals surface area contributed by atoms with Crippen molar-refractivity contribution in [2.45, 2.75) is 32.2 Å². The number of hydrogen-bond donors (Lipinski definition) is 0. The van der Waals surface area contributed by atoms with Gasteiger partial charge in [-0.2, -0.15) is 0 Å². The molecule has 0 N–H and O–H groups in total. The lowest BCUT2D eigenvalue weighted by atomic mass is 10.2. The number of aromatic nitrogens is 2. The molecule has 8 heteroatoms. The Morgan fingerprint density at radius 3 is 2.71 bits per heavy atom. The summed E-state index contributed by atoms with van der Waals surface area (Å²) in [5.74, 6) is 3.57. The zero-order valence-corrected chi connectivity index (χ0v) is 20.2. The highest BCUT2D eigenvalue weighted by atomic mass is 16.5. The second-order valence-electron chi connectivity index (χ2n) is 9.05. The van der Waals surface area contributed by atoms with Crippen molar-refractivity contribution in [1.82, 2.24) is 9.66 Å². The van der Waals surface area contributed by atoms with E-state index in [0.717, 1.165) is 42.0 Å². The Kier molecular flexibility index (Phi) is 5.36. The first-order valence-corrected chi connectivity index (χ1v) is 11.9. The van der Waals surface area contributed by atoms with Crippen LogP contribution in [0.5, 0.6) is 11.5 Å². The number of rotatable bonds is 6. The Balaban J connectivity index is 1.27. The summed E-state index contributed by atoms with van der Waals surface area (Å²) < 4.78 is 25.1. The van der Waals surface area contributed by atoms with Gasteiger partial charge in [-0.15, -0.1) is 5.10 Å². The van der Waals surface area contributed by atoms with Gasteiger partial charge in [-0.25, -0.2) is 9.66 Å². The van der Waals surface area contributed by atoms with Gasteiger partial charge >= 0.3 is 0 Å². The van der Waals surface area contributed by atoms with Gasteiger partial charge in [0.25, 0.3) is 0 Å². The van der Waals surface area contributed by atoms with E-state index >= 15 is 0 Å². The van der Waals surface area contributed by atoms with E-state index in [1.54, 1.807) is 18.9 Å². The van der Waals surface area contributed by atoms with Crippen LogP contribution < -0.4 is 14.4 Å². The van der Waals surface area contributed by atoms with Gasteiger partial charge in [0.15, 0.2) is 5.76 Å². The fourth-order valence-electron chi connectivity index (χ4n) is 4.86. The van der Waals surface area contributed by atoms with E-state index in [2.05, 4.69) is 46.2 Å². The van der Waals surface area contributed by atoms with Crippen LogP contribution in [-0.4, -0.2) is 49.0 Å². The first-order chi connectivity index (χ1) is 17.1. The van der Waals surface area contributed by atoms with Crippen LogP contribution in [0.2, 0.25) is 0 Å². The summed E-state index contributed by atoms with van der Waals surface area (Å²) in [7, 11) is 3.27. The molecule has 0 unspecified atom stereocenters. The first-order valence-electron chi connectivity index (χ1n) is 11.9. The molecule has 0 aliphatic carbocycles. The van der Waals surface area contributed by atoms with Crippen molar-refractivity contribution in [3.63, 3.8) is 0 Å². The molecule has 6 rings (SSSR count). The van der Waals surface area contributed by atoms with E-state index in [1.807, 2.05) is 24.4 Å². The fraction of sp³-hybridized carbons (Fsp3) is 0.333. The fourth-order valence-corrected chi connectivity index (χ4v) is 4.86. The van der Waals surface area contributed by atoms with Gasteiger partial charge in [-0.05, 0) is 38.0 Å². The molecule has 2 aliphatic rings. The van der Waals surface area contributed by atoms with Crippen LogP contribution in [0.15, 0.2) is 58.2 Å². The summed E-state index contributed by atoms with van der Waals surface area (Å²) in [6.07, 6.45) is 4.68. The highest BCUT2D eigenvalue weighted by molar-refractivity contribution is 5.89. The van der Waals surface area contributed by atoms with Gasteiger partial charge in [0.1, 0.15) is 35.2 Å². The number of anilines is 1.